The highest BCUT2D eigenvalue weighted by Crippen LogP contribution is 2.17. The Bertz CT molecular complexity index is 510. The van der Waals surface area contributed by atoms with E-state index in [0.717, 1.165) is 49.9 Å². The molecule has 0 spiro atoms. The number of nitrogens with one attached hydrogen (secondary N) is 1. The predicted molar refractivity (Wildman–Crippen MR) is 90.7 cm³/mol. The molecule has 1 heterocycles. The molecule has 0 bridgehead atoms. The third-order valence-electron chi connectivity index (χ3n) is 3.63. The number of hydrogen-bond donors (Lipinski definition) is 1. The fraction of sp³-hybridized carbons (Fsp3) is 0.533. The summed E-state index contributed by atoms with van der Waals surface area (Å²) in [7, 11) is 1.67. The topological polar surface area (TPSA) is 27.7 Å². The van der Waals surface area contributed by atoms with E-state index in [-0.39, 0.29) is 10.8 Å². The van der Waals surface area contributed by atoms with Gasteiger partial charge in [-0.3, -0.25) is 4.90 Å². The van der Waals surface area contributed by atoms with Gasteiger partial charge in [0.2, 0.25) is 0 Å². The second kappa shape index (κ2) is 8.62. The predicted octanol–water partition coefficient (Wildman–Crippen LogP) is 2.12. The third-order valence-corrected chi connectivity index (χ3v) is 4.32. The molecule has 1 saturated heterocycles. The first-order chi connectivity index (χ1) is 10.6. The van der Waals surface area contributed by atoms with Crippen molar-refractivity contribution in [2.75, 3.05) is 46.4 Å². The van der Waals surface area contributed by atoms with Crippen molar-refractivity contribution < 1.29 is 9.13 Å². The van der Waals surface area contributed by atoms with Gasteiger partial charge in [-0.05, 0) is 29.9 Å². The molecule has 0 aliphatic carbocycles. The van der Waals surface area contributed by atoms with E-state index in [1.54, 1.807) is 19.2 Å². The zero-order valence-electron chi connectivity index (χ0n) is 12.6. The molecule has 1 aromatic carbocycles. The number of halogens is 2. The van der Waals surface area contributed by atoms with Gasteiger partial charge >= 0.3 is 0 Å². The number of piperazine rings is 1. The van der Waals surface area contributed by atoms with Crippen LogP contribution in [0.1, 0.15) is 5.56 Å². The molecule has 0 amide bonds. The molecule has 1 fully saturated rings. The fourth-order valence-electron chi connectivity index (χ4n) is 2.38. The molecule has 122 valence electrons. The van der Waals surface area contributed by atoms with E-state index in [2.05, 4.69) is 15.1 Å². The molecule has 4 nitrogen and oxygen atoms in total. The molecule has 0 atom stereocenters. The summed E-state index contributed by atoms with van der Waals surface area (Å²) in [5, 5.41) is 4.15. The highest BCUT2D eigenvalue weighted by Gasteiger charge is 2.19. The van der Waals surface area contributed by atoms with Crippen molar-refractivity contribution in [3.63, 3.8) is 0 Å². The van der Waals surface area contributed by atoms with E-state index < -0.39 is 0 Å². The Hall–Kier alpha value is -0.950. The number of thiocarbonyl (C=S) groups is 1. The number of methoxy groups -OCH3 is 1. The van der Waals surface area contributed by atoms with E-state index in [0.29, 0.717) is 6.61 Å². The summed E-state index contributed by atoms with van der Waals surface area (Å²) in [5.41, 5.74) is 1.03. The maximum absolute atomic E-state index is 13.2. The summed E-state index contributed by atoms with van der Waals surface area (Å²) >= 11 is 11.2. The van der Waals surface area contributed by atoms with Crippen molar-refractivity contribution >= 4 is 28.9 Å². The monoisotopic (exact) mass is 345 g/mol. The van der Waals surface area contributed by atoms with Crippen molar-refractivity contribution in [3.05, 3.63) is 34.6 Å². The van der Waals surface area contributed by atoms with Crippen LogP contribution in [0.5, 0.6) is 0 Å². The van der Waals surface area contributed by atoms with Crippen LogP contribution in [0.15, 0.2) is 18.2 Å². The average Bonchev–Trinajstić information content (AvgIpc) is 2.52. The smallest absolute Gasteiger partial charge is 0.169 e. The maximum atomic E-state index is 13.2. The molecule has 1 aliphatic heterocycles. The van der Waals surface area contributed by atoms with Crippen LogP contribution in [0, 0.1) is 5.82 Å². The van der Waals surface area contributed by atoms with Crippen LogP contribution in [0.3, 0.4) is 0 Å². The van der Waals surface area contributed by atoms with Gasteiger partial charge in [-0.2, -0.15) is 0 Å². The zero-order chi connectivity index (χ0) is 15.9. The minimum absolute atomic E-state index is 0.180. The molecular weight excluding hydrogens is 325 g/mol. The number of rotatable bonds is 5. The first-order valence-electron chi connectivity index (χ1n) is 7.28. The molecule has 2 rings (SSSR count). The first-order valence-corrected chi connectivity index (χ1v) is 8.07. The average molecular weight is 346 g/mol. The first kappa shape index (κ1) is 17.4. The summed E-state index contributed by atoms with van der Waals surface area (Å²) in [4.78, 5) is 4.48. The van der Waals surface area contributed by atoms with E-state index >= 15 is 0 Å². The molecule has 1 aromatic rings. The van der Waals surface area contributed by atoms with Gasteiger partial charge in [-0.25, -0.2) is 4.39 Å². The molecule has 1 N–H and O–H groups in total. The number of ether oxygens (including phenoxy) is 1. The third kappa shape index (κ3) is 5.05. The van der Waals surface area contributed by atoms with E-state index in [9.17, 15) is 4.39 Å². The molecule has 1 aliphatic rings. The standard InChI is InChI=1S/C15H21ClFN3OS/c1-21-9-4-18-15(22)20-7-5-19(6-8-20)11-12-2-3-14(17)13(16)10-12/h2-3,10H,4-9,11H2,1H3,(H,18,22). The Balaban J connectivity index is 1.77. The van der Waals surface area contributed by atoms with Gasteiger partial charge in [0.05, 0.1) is 11.6 Å². The van der Waals surface area contributed by atoms with Crippen LogP contribution < -0.4 is 5.32 Å². The summed E-state index contributed by atoms with van der Waals surface area (Å²) in [6.07, 6.45) is 0. The van der Waals surface area contributed by atoms with E-state index in [1.165, 1.54) is 6.07 Å². The van der Waals surface area contributed by atoms with Gasteiger partial charge in [0, 0.05) is 46.4 Å². The van der Waals surface area contributed by atoms with Crippen molar-refractivity contribution in [1.29, 1.82) is 0 Å². The molecule has 22 heavy (non-hydrogen) atoms. The lowest BCUT2D eigenvalue weighted by molar-refractivity contribution is 0.172. The Morgan fingerprint density at radius 3 is 2.73 bits per heavy atom. The van der Waals surface area contributed by atoms with Crippen LogP contribution in [0.4, 0.5) is 4.39 Å². The lowest BCUT2D eigenvalue weighted by atomic mass is 10.2. The summed E-state index contributed by atoms with van der Waals surface area (Å²) in [6, 6.07) is 4.90. The van der Waals surface area contributed by atoms with Gasteiger partial charge in [-0.15, -0.1) is 0 Å². The summed E-state index contributed by atoms with van der Waals surface area (Å²) in [5.74, 6) is -0.372. The quantitative estimate of drug-likeness (QED) is 0.652. The molecular formula is C15H21ClFN3OS. The number of nitrogens with zero attached hydrogens (tertiary/aromatic N) is 2. The Morgan fingerprint density at radius 2 is 2.09 bits per heavy atom. The second-order valence-corrected chi connectivity index (χ2v) is 6.03. The zero-order valence-corrected chi connectivity index (χ0v) is 14.2. The van der Waals surface area contributed by atoms with Crippen molar-refractivity contribution in [3.8, 4) is 0 Å². The largest absolute Gasteiger partial charge is 0.383 e. The highest BCUT2D eigenvalue weighted by molar-refractivity contribution is 7.80. The number of benzene rings is 1. The molecule has 0 unspecified atom stereocenters. The van der Waals surface area contributed by atoms with E-state index in [1.807, 2.05) is 0 Å². The normalized spacial score (nSPS) is 15.9. The van der Waals surface area contributed by atoms with Gasteiger partial charge in [-0.1, -0.05) is 17.7 Å². The Labute approximate surface area is 141 Å². The van der Waals surface area contributed by atoms with Crippen molar-refractivity contribution in [2.45, 2.75) is 6.54 Å². The lowest BCUT2D eigenvalue weighted by Gasteiger charge is -2.36. The van der Waals surface area contributed by atoms with Gasteiger partial charge < -0.3 is 15.0 Å². The van der Waals surface area contributed by atoms with Crippen molar-refractivity contribution in [2.24, 2.45) is 0 Å². The molecule has 0 radical (unpaired) electrons. The molecule has 7 heteroatoms. The van der Waals surface area contributed by atoms with Gasteiger partial charge in [0.1, 0.15) is 5.82 Å². The SMILES string of the molecule is COCCNC(=S)N1CCN(Cc2ccc(F)c(Cl)c2)CC1. The van der Waals surface area contributed by atoms with Crippen LogP contribution in [-0.2, 0) is 11.3 Å². The molecule has 0 saturated carbocycles. The van der Waals surface area contributed by atoms with Crippen molar-refractivity contribution in [1.82, 2.24) is 15.1 Å². The van der Waals surface area contributed by atoms with Gasteiger partial charge in [0.25, 0.3) is 0 Å². The summed E-state index contributed by atoms with van der Waals surface area (Å²) in [6.45, 7) is 5.75. The van der Waals surface area contributed by atoms with Crippen LogP contribution in [-0.4, -0.2) is 61.4 Å². The van der Waals surface area contributed by atoms with Crippen LogP contribution >= 0.6 is 23.8 Å². The molecule has 0 aromatic heterocycles. The maximum Gasteiger partial charge on any atom is 0.169 e. The van der Waals surface area contributed by atoms with Crippen LogP contribution in [0.2, 0.25) is 5.02 Å². The lowest BCUT2D eigenvalue weighted by Crippen LogP contribution is -2.51. The minimum atomic E-state index is -0.372. The van der Waals surface area contributed by atoms with Crippen LogP contribution in [0.25, 0.3) is 0 Å². The van der Waals surface area contributed by atoms with Gasteiger partial charge in [0.15, 0.2) is 5.11 Å². The highest BCUT2D eigenvalue weighted by atomic mass is 35.5. The Morgan fingerprint density at radius 1 is 1.36 bits per heavy atom. The minimum Gasteiger partial charge on any atom is -0.383 e. The van der Waals surface area contributed by atoms with E-state index in [4.69, 9.17) is 28.6 Å². The fourth-order valence-corrected chi connectivity index (χ4v) is 2.86. The number of hydrogen-bond acceptors (Lipinski definition) is 3. The summed E-state index contributed by atoms with van der Waals surface area (Å²) < 4.78 is 18.2. The Kier molecular flexibility index (Phi) is 6.82. The second-order valence-electron chi connectivity index (χ2n) is 5.24.